The van der Waals surface area contributed by atoms with Crippen molar-refractivity contribution in [1.82, 2.24) is 4.98 Å². The number of para-hydroxylation sites is 1. The summed E-state index contributed by atoms with van der Waals surface area (Å²) in [5, 5.41) is 11.2. The third-order valence-electron chi connectivity index (χ3n) is 3.57. The number of benzene rings is 2. The van der Waals surface area contributed by atoms with E-state index in [0.29, 0.717) is 29.3 Å². The minimum Gasteiger partial charge on any atom is -0.486 e. The number of thiazole rings is 1. The Kier molecular flexibility index (Phi) is 5.96. The highest BCUT2D eigenvalue weighted by molar-refractivity contribution is 7.09. The van der Waals surface area contributed by atoms with Gasteiger partial charge in [0.05, 0.1) is 18.2 Å². The first-order chi connectivity index (χ1) is 12.7. The van der Waals surface area contributed by atoms with Crippen molar-refractivity contribution in [3.05, 3.63) is 81.8 Å². The number of rotatable bonds is 7. The fourth-order valence-corrected chi connectivity index (χ4v) is 2.89. The van der Waals surface area contributed by atoms with Crippen LogP contribution in [0, 0.1) is 11.3 Å². The Balaban J connectivity index is 1.46. The van der Waals surface area contributed by atoms with Crippen LogP contribution in [0.5, 0.6) is 5.75 Å². The van der Waals surface area contributed by atoms with E-state index in [2.05, 4.69) is 11.1 Å². The standard InChI is InChI=1S/C20H16N2O3S/c21-12-16-8-6-15(7-9-16)10-11-24-20(23)18-14-26-19(22-18)13-25-17-4-2-1-3-5-17/h1-9,14H,10-11,13H2. The highest BCUT2D eigenvalue weighted by Gasteiger charge is 2.12. The topological polar surface area (TPSA) is 72.2 Å². The average molecular weight is 364 g/mol. The molecule has 26 heavy (non-hydrogen) atoms. The summed E-state index contributed by atoms with van der Waals surface area (Å²) in [6.45, 7) is 0.575. The summed E-state index contributed by atoms with van der Waals surface area (Å²) in [5.41, 5.74) is 1.91. The predicted octanol–water partition coefficient (Wildman–Crippen LogP) is 3.99. The number of nitriles is 1. The fraction of sp³-hybridized carbons (Fsp3) is 0.150. The van der Waals surface area contributed by atoms with Crippen molar-refractivity contribution in [2.75, 3.05) is 6.61 Å². The Morgan fingerprint density at radius 1 is 1.12 bits per heavy atom. The monoisotopic (exact) mass is 364 g/mol. The summed E-state index contributed by atoms with van der Waals surface area (Å²) in [6.07, 6.45) is 0.589. The second kappa shape index (κ2) is 8.79. The van der Waals surface area contributed by atoms with Crippen LogP contribution in [0.4, 0.5) is 0 Å². The number of carbonyl (C=O) groups is 1. The van der Waals surface area contributed by atoms with E-state index < -0.39 is 5.97 Å². The maximum Gasteiger partial charge on any atom is 0.357 e. The maximum atomic E-state index is 12.1. The number of hydrogen-bond acceptors (Lipinski definition) is 6. The molecular formula is C20H16N2O3S. The lowest BCUT2D eigenvalue weighted by molar-refractivity contribution is 0.0503. The molecule has 3 aromatic rings. The molecule has 0 aliphatic heterocycles. The summed E-state index contributed by atoms with van der Waals surface area (Å²) in [7, 11) is 0. The van der Waals surface area contributed by atoms with E-state index in [-0.39, 0.29) is 6.61 Å². The minimum atomic E-state index is -0.444. The zero-order valence-electron chi connectivity index (χ0n) is 13.9. The molecule has 130 valence electrons. The third-order valence-corrected chi connectivity index (χ3v) is 4.40. The lowest BCUT2D eigenvalue weighted by Crippen LogP contribution is -2.09. The van der Waals surface area contributed by atoms with Gasteiger partial charge in [0.25, 0.3) is 0 Å². The van der Waals surface area contributed by atoms with Crippen LogP contribution in [0.15, 0.2) is 60.0 Å². The molecule has 0 fully saturated rings. The molecule has 0 spiro atoms. The molecule has 3 rings (SSSR count). The van der Waals surface area contributed by atoms with Gasteiger partial charge >= 0.3 is 5.97 Å². The van der Waals surface area contributed by atoms with E-state index in [4.69, 9.17) is 14.7 Å². The molecule has 0 aliphatic carbocycles. The lowest BCUT2D eigenvalue weighted by atomic mass is 10.1. The van der Waals surface area contributed by atoms with Gasteiger partial charge in [-0.25, -0.2) is 9.78 Å². The summed E-state index contributed by atoms with van der Waals surface area (Å²) in [5.74, 6) is 0.315. The Morgan fingerprint density at radius 3 is 2.62 bits per heavy atom. The SMILES string of the molecule is N#Cc1ccc(CCOC(=O)c2csc(COc3ccccc3)n2)cc1. The summed E-state index contributed by atoms with van der Waals surface area (Å²) >= 11 is 1.36. The van der Waals surface area contributed by atoms with Gasteiger partial charge in [-0.1, -0.05) is 30.3 Å². The lowest BCUT2D eigenvalue weighted by Gasteiger charge is -2.04. The minimum absolute atomic E-state index is 0.262. The molecule has 0 saturated heterocycles. The first-order valence-electron chi connectivity index (χ1n) is 8.03. The van der Waals surface area contributed by atoms with Crippen molar-refractivity contribution in [3.8, 4) is 11.8 Å². The Labute approximate surface area is 155 Å². The zero-order valence-corrected chi connectivity index (χ0v) is 14.7. The molecule has 0 bridgehead atoms. The quantitative estimate of drug-likeness (QED) is 0.593. The van der Waals surface area contributed by atoms with Crippen molar-refractivity contribution in [2.45, 2.75) is 13.0 Å². The number of ether oxygens (including phenoxy) is 2. The van der Waals surface area contributed by atoms with E-state index in [1.807, 2.05) is 42.5 Å². The number of nitrogens with zero attached hydrogens (tertiary/aromatic N) is 2. The van der Waals surface area contributed by atoms with E-state index >= 15 is 0 Å². The first kappa shape index (κ1) is 17.6. The Bertz CT molecular complexity index is 899. The molecule has 0 radical (unpaired) electrons. The van der Waals surface area contributed by atoms with Gasteiger partial charge in [-0.2, -0.15) is 5.26 Å². The van der Waals surface area contributed by atoms with Gasteiger partial charge in [-0.3, -0.25) is 0 Å². The molecule has 5 nitrogen and oxygen atoms in total. The summed E-state index contributed by atoms with van der Waals surface area (Å²) in [4.78, 5) is 16.3. The van der Waals surface area contributed by atoms with Crippen LogP contribution < -0.4 is 4.74 Å². The van der Waals surface area contributed by atoms with Crippen LogP contribution in [-0.2, 0) is 17.8 Å². The fourth-order valence-electron chi connectivity index (χ4n) is 2.21. The smallest absolute Gasteiger partial charge is 0.357 e. The Hall–Kier alpha value is -3.17. The molecule has 1 heterocycles. The van der Waals surface area contributed by atoms with Crippen LogP contribution in [0.1, 0.15) is 26.6 Å². The summed E-state index contributed by atoms with van der Waals surface area (Å²) in [6, 6.07) is 18.7. The molecule has 6 heteroatoms. The summed E-state index contributed by atoms with van der Waals surface area (Å²) < 4.78 is 10.9. The van der Waals surface area contributed by atoms with Gasteiger partial charge in [0.15, 0.2) is 5.69 Å². The van der Waals surface area contributed by atoms with Crippen molar-refractivity contribution in [1.29, 1.82) is 5.26 Å². The normalized spacial score (nSPS) is 10.1. The van der Waals surface area contributed by atoms with Crippen molar-refractivity contribution < 1.29 is 14.3 Å². The van der Waals surface area contributed by atoms with E-state index in [1.54, 1.807) is 17.5 Å². The van der Waals surface area contributed by atoms with Gasteiger partial charge < -0.3 is 9.47 Å². The third kappa shape index (κ3) is 4.91. The van der Waals surface area contributed by atoms with Gasteiger partial charge in [0.2, 0.25) is 0 Å². The maximum absolute atomic E-state index is 12.1. The second-order valence-electron chi connectivity index (χ2n) is 5.42. The predicted molar refractivity (Wildman–Crippen MR) is 98.0 cm³/mol. The molecule has 0 saturated carbocycles. The second-order valence-corrected chi connectivity index (χ2v) is 6.37. The van der Waals surface area contributed by atoms with Crippen molar-refractivity contribution in [2.24, 2.45) is 0 Å². The molecule has 0 amide bonds. The molecule has 1 aromatic heterocycles. The highest BCUT2D eigenvalue weighted by Crippen LogP contribution is 2.15. The highest BCUT2D eigenvalue weighted by atomic mass is 32.1. The number of carbonyl (C=O) groups excluding carboxylic acids is 1. The van der Waals surface area contributed by atoms with Gasteiger partial charge in [0, 0.05) is 11.8 Å². The van der Waals surface area contributed by atoms with E-state index in [9.17, 15) is 4.79 Å². The zero-order chi connectivity index (χ0) is 18.2. The van der Waals surface area contributed by atoms with E-state index in [0.717, 1.165) is 11.3 Å². The van der Waals surface area contributed by atoms with E-state index in [1.165, 1.54) is 11.3 Å². The first-order valence-corrected chi connectivity index (χ1v) is 8.91. The van der Waals surface area contributed by atoms with Gasteiger partial charge in [0.1, 0.15) is 17.4 Å². The molecule has 2 aromatic carbocycles. The molecule has 0 N–H and O–H groups in total. The van der Waals surface area contributed by atoms with Crippen LogP contribution in [0.2, 0.25) is 0 Å². The largest absolute Gasteiger partial charge is 0.486 e. The van der Waals surface area contributed by atoms with Crippen molar-refractivity contribution in [3.63, 3.8) is 0 Å². The molecule has 0 aliphatic rings. The van der Waals surface area contributed by atoms with Crippen molar-refractivity contribution >= 4 is 17.3 Å². The van der Waals surface area contributed by atoms with Crippen LogP contribution in [0.3, 0.4) is 0 Å². The van der Waals surface area contributed by atoms with Crippen LogP contribution in [-0.4, -0.2) is 17.6 Å². The Morgan fingerprint density at radius 2 is 1.88 bits per heavy atom. The van der Waals surface area contributed by atoms with Crippen LogP contribution >= 0.6 is 11.3 Å². The molecule has 0 atom stereocenters. The van der Waals surface area contributed by atoms with Gasteiger partial charge in [-0.05, 0) is 29.8 Å². The number of esters is 1. The molecular weight excluding hydrogens is 348 g/mol. The molecule has 0 unspecified atom stereocenters. The number of hydrogen-bond donors (Lipinski definition) is 0. The number of aromatic nitrogens is 1. The van der Waals surface area contributed by atoms with Gasteiger partial charge in [-0.15, -0.1) is 11.3 Å². The van der Waals surface area contributed by atoms with Crippen LogP contribution in [0.25, 0.3) is 0 Å². The average Bonchev–Trinajstić information content (AvgIpc) is 3.17.